The Balaban J connectivity index is 1.40. The van der Waals surface area contributed by atoms with Crippen molar-refractivity contribution >= 4 is 17.6 Å². The monoisotopic (exact) mass is 434 g/mol. The van der Waals surface area contributed by atoms with Crippen LogP contribution in [-0.4, -0.2) is 48.7 Å². The van der Waals surface area contributed by atoms with E-state index in [0.29, 0.717) is 30.1 Å². The van der Waals surface area contributed by atoms with Gasteiger partial charge in [-0.1, -0.05) is 47.6 Å². The summed E-state index contributed by atoms with van der Waals surface area (Å²) in [5.41, 5.74) is 10.5. The van der Waals surface area contributed by atoms with E-state index in [2.05, 4.69) is 14.9 Å². The summed E-state index contributed by atoms with van der Waals surface area (Å²) in [5.74, 6) is -1.23. The van der Waals surface area contributed by atoms with Crippen LogP contribution in [0.5, 0.6) is 0 Å². The zero-order valence-electron chi connectivity index (χ0n) is 18.0. The van der Waals surface area contributed by atoms with Crippen molar-refractivity contribution in [2.24, 2.45) is 11.0 Å². The molecule has 0 N–H and O–H groups in total. The molecule has 2 aromatic rings. The molecule has 2 aliphatic heterocycles. The highest BCUT2D eigenvalue weighted by Crippen LogP contribution is 2.40. The number of carbonyl (C=O) groups is 2. The van der Waals surface area contributed by atoms with Crippen LogP contribution in [0.1, 0.15) is 35.2 Å². The van der Waals surface area contributed by atoms with Crippen LogP contribution in [-0.2, 0) is 20.7 Å². The second-order valence-corrected chi connectivity index (χ2v) is 8.31. The topological polar surface area (TPSA) is 105 Å². The number of esters is 2. The Hall–Kier alpha value is -3.35. The zero-order chi connectivity index (χ0) is 22.5. The number of nitrogens with zero attached hydrogens (tertiary/aromatic N) is 4. The smallest absolute Gasteiger partial charge is 0.338 e. The van der Waals surface area contributed by atoms with E-state index < -0.39 is 18.0 Å². The molecule has 8 heteroatoms. The highest BCUT2D eigenvalue weighted by Gasteiger charge is 2.51. The summed E-state index contributed by atoms with van der Waals surface area (Å²) in [6.07, 6.45) is 2.56. The summed E-state index contributed by atoms with van der Waals surface area (Å²) in [5, 5.41) is 3.55. The SMILES string of the molecule is CN1[C@H]2CC[C@@H]1[C@@H](C(=O)OCCc1ccc(N=[N+]=[N-])cc1)[C@@H](OC(=O)c1ccccc1)C2. The van der Waals surface area contributed by atoms with Gasteiger partial charge >= 0.3 is 11.9 Å². The lowest BCUT2D eigenvalue weighted by Crippen LogP contribution is -2.53. The maximum atomic E-state index is 13.1. The average Bonchev–Trinajstić information content (AvgIpc) is 3.04. The molecule has 0 radical (unpaired) electrons. The average molecular weight is 434 g/mol. The molecule has 0 amide bonds. The van der Waals surface area contributed by atoms with E-state index in [-0.39, 0.29) is 18.6 Å². The molecule has 2 fully saturated rings. The Bertz CT molecular complexity index is 1000. The van der Waals surface area contributed by atoms with Gasteiger partial charge in [-0.15, -0.1) is 0 Å². The normalized spacial score (nSPS) is 24.4. The predicted octanol–water partition coefficient (Wildman–Crippen LogP) is 4.42. The number of carbonyl (C=O) groups excluding carboxylic acids is 2. The van der Waals surface area contributed by atoms with Crippen LogP contribution in [0, 0.1) is 5.92 Å². The van der Waals surface area contributed by atoms with Crippen LogP contribution < -0.4 is 0 Å². The summed E-state index contributed by atoms with van der Waals surface area (Å²) < 4.78 is 11.5. The van der Waals surface area contributed by atoms with Crippen molar-refractivity contribution in [2.45, 2.75) is 43.9 Å². The van der Waals surface area contributed by atoms with Crippen molar-refractivity contribution in [1.82, 2.24) is 4.90 Å². The largest absolute Gasteiger partial charge is 0.465 e. The first kappa shape index (κ1) is 21.9. The van der Waals surface area contributed by atoms with Gasteiger partial charge in [-0.2, -0.15) is 0 Å². The van der Waals surface area contributed by atoms with Crippen molar-refractivity contribution in [1.29, 1.82) is 0 Å². The van der Waals surface area contributed by atoms with Gasteiger partial charge in [0.1, 0.15) is 12.0 Å². The summed E-state index contributed by atoms with van der Waals surface area (Å²) in [7, 11) is 2.03. The number of hydrogen-bond donors (Lipinski definition) is 0. The van der Waals surface area contributed by atoms with Gasteiger partial charge in [0.15, 0.2) is 0 Å². The van der Waals surface area contributed by atoms with Crippen molar-refractivity contribution < 1.29 is 19.1 Å². The molecule has 0 aliphatic carbocycles. The highest BCUT2D eigenvalue weighted by atomic mass is 16.6. The molecule has 8 nitrogen and oxygen atoms in total. The molecule has 0 unspecified atom stereocenters. The Kier molecular flexibility index (Phi) is 6.73. The highest BCUT2D eigenvalue weighted by molar-refractivity contribution is 5.89. The maximum Gasteiger partial charge on any atom is 0.338 e. The lowest BCUT2D eigenvalue weighted by Gasteiger charge is -2.40. The van der Waals surface area contributed by atoms with E-state index in [1.54, 1.807) is 36.4 Å². The third-order valence-electron chi connectivity index (χ3n) is 6.49. The Labute approximate surface area is 186 Å². The number of hydrogen-bond acceptors (Lipinski definition) is 6. The fraction of sp³-hybridized carbons (Fsp3) is 0.417. The lowest BCUT2D eigenvalue weighted by molar-refractivity contribution is -0.159. The summed E-state index contributed by atoms with van der Waals surface area (Å²) in [6, 6.07) is 16.3. The molecular weight excluding hydrogens is 408 g/mol. The van der Waals surface area contributed by atoms with Crippen LogP contribution in [0.3, 0.4) is 0 Å². The predicted molar refractivity (Wildman–Crippen MR) is 118 cm³/mol. The standard InChI is InChI=1S/C24H26N4O4/c1-28-19-11-12-20(28)22(21(15-19)32-23(29)17-5-3-2-4-6-17)24(30)31-14-13-16-7-9-18(10-8-16)26-27-25/h2-10,19-22H,11-15H2,1H3/t19-,20+,21-,22+/m0/s1. The molecule has 2 saturated heterocycles. The van der Waals surface area contributed by atoms with E-state index in [1.807, 2.05) is 25.2 Å². The molecule has 2 aromatic carbocycles. The number of benzene rings is 2. The van der Waals surface area contributed by atoms with E-state index in [1.165, 1.54) is 0 Å². The maximum absolute atomic E-state index is 13.1. The molecule has 32 heavy (non-hydrogen) atoms. The van der Waals surface area contributed by atoms with Crippen molar-refractivity contribution in [3.05, 3.63) is 76.2 Å². The summed E-state index contributed by atoms with van der Waals surface area (Å²) >= 11 is 0. The second kappa shape index (κ2) is 9.85. The van der Waals surface area contributed by atoms with E-state index in [0.717, 1.165) is 18.4 Å². The molecule has 166 valence electrons. The number of rotatable bonds is 7. The first-order valence-corrected chi connectivity index (χ1v) is 10.9. The molecule has 0 saturated carbocycles. The van der Waals surface area contributed by atoms with Crippen LogP contribution in [0.2, 0.25) is 0 Å². The van der Waals surface area contributed by atoms with Gasteiger partial charge in [0.05, 0.1) is 12.2 Å². The minimum atomic E-state index is -0.501. The van der Waals surface area contributed by atoms with Crippen LogP contribution in [0.25, 0.3) is 10.4 Å². The van der Waals surface area contributed by atoms with Gasteiger partial charge in [-0.25, -0.2) is 4.79 Å². The number of azide groups is 1. The summed E-state index contributed by atoms with van der Waals surface area (Å²) in [4.78, 5) is 30.7. The number of fused-ring (bicyclic) bond motifs is 2. The van der Waals surface area contributed by atoms with Crippen LogP contribution in [0.15, 0.2) is 59.7 Å². The van der Waals surface area contributed by atoms with Gasteiger partial charge in [-0.3, -0.25) is 9.69 Å². The van der Waals surface area contributed by atoms with Crippen LogP contribution >= 0.6 is 0 Å². The van der Waals surface area contributed by atoms with Crippen molar-refractivity contribution in [3.63, 3.8) is 0 Å². The Morgan fingerprint density at radius 1 is 1.12 bits per heavy atom. The molecule has 0 spiro atoms. The van der Waals surface area contributed by atoms with Crippen molar-refractivity contribution in [3.8, 4) is 0 Å². The minimum Gasteiger partial charge on any atom is -0.465 e. The third kappa shape index (κ3) is 4.77. The summed E-state index contributed by atoms with van der Waals surface area (Å²) in [6.45, 7) is 0.232. The van der Waals surface area contributed by atoms with Crippen molar-refractivity contribution in [2.75, 3.05) is 13.7 Å². The van der Waals surface area contributed by atoms with Gasteiger partial charge < -0.3 is 9.47 Å². The molecule has 2 heterocycles. The van der Waals surface area contributed by atoms with Gasteiger partial charge in [-0.05, 0) is 43.1 Å². The zero-order valence-corrected chi connectivity index (χ0v) is 18.0. The van der Waals surface area contributed by atoms with Gasteiger partial charge in [0.2, 0.25) is 0 Å². The quantitative estimate of drug-likeness (QED) is 0.278. The molecule has 4 atom stereocenters. The number of piperidine rings is 1. The minimum absolute atomic E-state index is 0.0120. The lowest BCUT2D eigenvalue weighted by atomic mass is 9.87. The first-order valence-electron chi connectivity index (χ1n) is 10.9. The third-order valence-corrected chi connectivity index (χ3v) is 6.49. The fourth-order valence-electron chi connectivity index (χ4n) is 4.78. The molecule has 4 rings (SSSR count). The van der Waals surface area contributed by atoms with Crippen LogP contribution in [0.4, 0.5) is 5.69 Å². The van der Waals surface area contributed by atoms with Gasteiger partial charge in [0, 0.05) is 35.5 Å². The Morgan fingerprint density at radius 2 is 1.88 bits per heavy atom. The molecule has 0 aromatic heterocycles. The van der Waals surface area contributed by atoms with Gasteiger partial charge in [0.25, 0.3) is 0 Å². The number of ether oxygens (including phenoxy) is 2. The Morgan fingerprint density at radius 3 is 2.59 bits per heavy atom. The molecule has 2 aliphatic rings. The first-order chi connectivity index (χ1) is 15.6. The molecule has 2 bridgehead atoms. The fourth-order valence-corrected chi connectivity index (χ4v) is 4.78. The molecular formula is C24H26N4O4. The second-order valence-electron chi connectivity index (χ2n) is 8.31. The van der Waals surface area contributed by atoms with E-state index in [4.69, 9.17) is 15.0 Å². The van der Waals surface area contributed by atoms with E-state index in [9.17, 15) is 9.59 Å². The van der Waals surface area contributed by atoms with E-state index >= 15 is 0 Å².